The average Bonchev–Trinajstić information content (AvgIpc) is 2.34. The lowest BCUT2D eigenvalue weighted by atomic mass is 10.4. The topological polar surface area (TPSA) is 16.1 Å². The molecule has 0 spiro atoms. The molecule has 0 bridgehead atoms. The predicted molar refractivity (Wildman–Crippen MR) is 55.1 cm³/mol. The maximum absolute atomic E-state index is 4.50. The van der Waals surface area contributed by atoms with Gasteiger partial charge in [0.05, 0.1) is 5.01 Å². The number of hydrogen-bond donors (Lipinski definition) is 0. The fraction of sp³-hybridized carbons (Fsp3) is 0.667. The molecule has 3 heteroatoms. The Kier molecular flexibility index (Phi) is 3.09. The number of anilines is 1. The number of nitrogens with zero attached hydrogens (tertiary/aromatic N) is 2. The summed E-state index contributed by atoms with van der Waals surface area (Å²) in [6, 6.07) is 0. The second-order valence-electron chi connectivity index (χ2n) is 2.78. The van der Waals surface area contributed by atoms with Gasteiger partial charge in [-0.25, -0.2) is 4.98 Å². The van der Waals surface area contributed by atoms with Crippen molar-refractivity contribution in [3.63, 3.8) is 0 Å². The van der Waals surface area contributed by atoms with Gasteiger partial charge in [0, 0.05) is 18.0 Å². The highest BCUT2D eigenvalue weighted by Crippen LogP contribution is 2.24. The van der Waals surface area contributed by atoms with Crippen LogP contribution >= 0.6 is 11.3 Å². The van der Waals surface area contributed by atoms with E-state index in [9.17, 15) is 0 Å². The summed E-state index contributed by atoms with van der Waals surface area (Å²) in [4.78, 5) is 8.12. The van der Waals surface area contributed by atoms with Crippen LogP contribution in [0.4, 0.5) is 5.82 Å². The SMILES string of the molecule is CCN(CC)c1nc(C)sc1C. The first-order chi connectivity index (χ1) is 5.69. The molecule has 0 aliphatic carbocycles. The summed E-state index contributed by atoms with van der Waals surface area (Å²) in [7, 11) is 0. The van der Waals surface area contributed by atoms with E-state index < -0.39 is 0 Å². The van der Waals surface area contributed by atoms with Crippen molar-refractivity contribution < 1.29 is 0 Å². The van der Waals surface area contributed by atoms with Gasteiger partial charge in [0.25, 0.3) is 0 Å². The van der Waals surface area contributed by atoms with Gasteiger partial charge in [-0.2, -0.15) is 0 Å². The Balaban J connectivity index is 2.91. The van der Waals surface area contributed by atoms with Crippen molar-refractivity contribution in [2.75, 3.05) is 18.0 Å². The van der Waals surface area contributed by atoms with E-state index in [4.69, 9.17) is 0 Å². The first kappa shape index (κ1) is 9.52. The van der Waals surface area contributed by atoms with Gasteiger partial charge < -0.3 is 4.90 Å². The Morgan fingerprint density at radius 3 is 2.17 bits per heavy atom. The van der Waals surface area contributed by atoms with Crippen LogP contribution in [0, 0.1) is 13.8 Å². The highest BCUT2D eigenvalue weighted by atomic mass is 32.1. The van der Waals surface area contributed by atoms with Gasteiger partial charge in [0.15, 0.2) is 0 Å². The van der Waals surface area contributed by atoms with Crippen LogP contribution in [0.5, 0.6) is 0 Å². The molecule has 1 heterocycles. The van der Waals surface area contributed by atoms with Gasteiger partial charge in [-0.3, -0.25) is 0 Å². The highest BCUT2D eigenvalue weighted by Gasteiger charge is 2.09. The number of thiazole rings is 1. The number of aromatic nitrogens is 1. The van der Waals surface area contributed by atoms with Gasteiger partial charge in [-0.15, -0.1) is 11.3 Å². The van der Waals surface area contributed by atoms with Crippen LogP contribution in [0.1, 0.15) is 23.7 Å². The fourth-order valence-electron chi connectivity index (χ4n) is 1.33. The number of aryl methyl sites for hydroxylation is 2. The second kappa shape index (κ2) is 3.90. The van der Waals surface area contributed by atoms with Gasteiger partial charge in [-0.05, 0) is 27.7 Å². The molecule has 0 radical (unpaired) electrons. The maximum atomic E-state index is 4.50. The van der Waals surface area contributed by atoms with Gasteiger partial charge in [0.1, 0.15) is 5.82 Å². The molecule has 0 saturated heterocycles. The molecule has 0 N–H and O–H groups in total. The molecule has 1 rings (SSSR count). The lowest BCUT2D eigenvalue weighted by molar-refractivity contribution is 0.845. The molecule has 0 saturated carbocycles. The molecule has 0 aliphatic rings. The van der Waals surface area contributed by atoms with E-state index in [-0.39, 0.29) is 0 Å². The van der Waals surface area contributed by atoms with E-state index in [1.54, 1.807) is 11.3 Å². The minimum atomic E-state index is 1.04. The zero-order valence-electron chi connectivity index (χ0n) is 8.22. The molecule has 1 aromatic rings. The Labute approximate surface area is 78.2 Å². The van der Waals surface area contributed by atoms with Crippen molar-refractivity contribution in [1.82, 2.24) is 4.98 Å². The minimum absolute atomic E-state index is 1.04. The normalized spacial score (nSPS) is 10.3. The molecule has 0 aromatic carbocycles. The van der Waals surface area contributed by atoms with Crippen molar-refractivity contribution >= 4 is 17.2 Å². The van der Waals surface area contributed by atoms with E-state index in [2.05, 4.69) is 37.6 Å². The van der Waals surface area contributed by atoms with E-state index in [1.807, 2.05) is 0 Å². The third kappa shape index (κ3) is 1.78. The first-order valence-corrected chi connectivity index (χ1v) is 5.19. The van der Waals surface area contributed by atoms with Crippen LogP contribution in [0.3, 0.4) is 0 Å². The van der Waals surface area contributed by atoms with Crippen LogP contribution in [0.25, 0.3) is 0 Å². The third-order valence-electron chi connectivity index (χ3n) is 1.94. The van der Waals surface area contributed by atoms with Crippen molar-refractivity contribution in [3.05, 3.63) is 9.88 Å². The summed E-state index contributed by atoms with van der Waals surface area (Å²) >= 11 is 1.78. The number of hydrogen-bond acceptors (Lipinski definition) is 3. The van der Waals surface area contributed by atoms with Gasteiger partial charge in [0.2, 0.25) is 0 Å². The highest BCUT2D eigenvalue weighted by molar-refractivity contribution is 7.12. The quantitative estimate of drug-likeness (QED) is 0.718. The smallest absolute Gasteiger partial charge is 0.142 e. The Hall–Kier alpha value is -0.570. The van der Waals surface area contributed by atoms with E-state index in [0.717, 1.165) is 18.1 Å². The van der Waals surface area contributed by atoms with Crippen molar-refractivity contribution in [1.29, 1.82) is 0 Å². The summed E-state index contributed by atoms with van der Waals surface area (Å²) in [5.74, 6) is 1.17. The third-order valence-corrected chi connectivity index (χ3v) is 2.82. The van der Waals surface area contributed by atoms with Crippen molar-refractivity contribution in [3.8, 4) is 0 Å². The Morgan fingerprint density at radius 1 is 1.25 bits per heavy atom. The molecule has 2 nitrogen and oxygen atoms in total. The monoisotopic (exact) mass is 184 g/mol. The molecular formula is C9H16N2S. The lowest BCUT2D eigenvalue weighted by Crippen LogP contribution is -2.22. The second-order valence-corrected chi connectivity index (χ2v) is 4.19. The van der Waals surface area contributed by atoms with Gasteiger partial charge >= 0.3 is 0 Å². The average molecular weight is 184 g/mol. The summed E-state index contributed by atoms with van der Waals surface area (Å²) in [6.07, 6.45) is 0. The maximum Gasteiger partial charge on any atom is 0.142 e. The molecule has 0 unspecified atom stereocenters. The lowest BCUT2D eigenvalue weighted by Gasteiger charge is -2.18. The zero-order valence-corrected chi connectivity index (χ0v) is 9.03. The van der Waals surface area contributed by atoms with Crippen LogP contribution in [-0.2, 0) is 0 Å². The molecule has 0 aliphatic heterocycles. The summed E-state index contributed by atoms with van der Waals surface area (Å²) in [5.41, 5.74) is 0. The van der Waals surface area contributed by atoms with E-state index in [1.165, 1.54) is 10.7 Å². The molecule has 0 amide bonds. The van der Waals surface area contributed by atoms with Gasteiger partial charge in [-0.1, -0.05) is 0 Å². The van der Waals surface area contributed by atoms with Crippen LogP contribution in [-0.4, -0.2) is 18.1 Å². The largest absolute Gasteiger partial charge is 0.356 e. The van der Waals surface area contributed by atoms with Crippen LogP contribution in [0.2, 0.25) is 0 Å². The fourth-order valence-corrected chi connectivity index (χ4v) is 2.18. The standard InChI is InChI=1S/C9H16N2S/c1-5-11(6-2)9-7(3)12-8(4)10-9/h5-6H2,1-4H3. The molecule has 1 aromatic heterocycles. The Morgan fingerprint density at radius 2 is 1.83 bits per heavy atom. The van der Waals surface area contributed by atoms with Crippen molar-refractivity contribution in [2.45, 2.75) is 27.7 Å². The van der Waals surface area contributed by atoms with E-state index in [0.29, 0.717) is 0 Å². The summed E-state index contributed by atoms with van der Waals surface area (Å²) in [5, 5.41) is 1.16. The van der Waals surface area contributed by atoms with Crippen LogP contribution < -0.4 is 4.90 Å². The van der Waals surface area contributed by atoms with Crippen LogP contribution in [0.15, 0.2) is 0 Å². The zero-order chi connectivity index (χ0) is 9.14. The predicted octanol–water partition coefficient (Wildman–Crippen LogP) is 2.61. The molecular weight excluding hydrogens is 168 g/mol. The minimum Gasteiger partial charge on any atom is -0.356 e. The summed E-state index contributed by atoms with van der Waals surface area (Å²) < 4.78 is 0. The molecule has 0 atom stereocenters. The Bertz CT molecular complexity index is 251. The van der Waals surface area contributed by atoms with Crippen molar-refractivity contribution in [2.24, 2.45) is 0 Å². The molecule has 68 valence electrons. The molecule has 0 fully saturated rings. The number of rotatable bonds is 3. The first-order valence-electron chi connectivity index (χ1n) is 4.38. The molecule has 12 heavy (non-hydrogen) atoms. The summed E-state index contributed by atoms with van der Waals surface area (Å²) in [6.45, 7) is 10.6. The van der Waals surface area contributed by atoms with E-state index >= 15 is 0 Å².